The largest absolute Gasteiger partial charge is 0.489 e. The molecule has 0 saturated carbocycles. The first-order valence-corrected chi connectivity index (χ1v) is 4.97. The van der Waals surface area contributed by atoms with Crippen LogP contribution in [0.2, 0.25) is 0 Å². The highest BCUT2D eigenvalue weighted by molar-refractivity contribution is 5.23. The molecule has 0 spiro atoms. The van der Waals surface area contributed by atoms with Crippen LogP contribution in [0.4, 0.5) is 4.39 Å². The summed E-state index contributed by atoms with van der Waals surface area (Å²) in [5.74, 6) is 0.0618. The number of halogens is 1. The van der Waals surface area contributed by atoms with Gasteiger partial charge in [0.15, 0.2) is 11.6 Å². The summed E-state index contributed by atoms with van der Waals surface area (Å²) in [5, 5.41) is 3.30. The third-order valence-corrected chi connectivity index (χ3v) is 2.44. The molecule has 2 nitrogen and oxygen atoms in total. The minimum absolute atomic E-state index is 0.287. The van der Waals surface area contributed by atoms with E-state index in [-0.39, 0.29) is 5.82 Å². The zero-order valence-corrected chi connectivity index (χ0v) is 8.00. The third-order valence-electron chi connectivity index (χ3n) is 2.44. The Kier molecular flexibility index (Phi) is 2.99. The number of rotatable bonds is 3. The Balaban J connectivity index is 1.88. The molecule has 3 heteroatoms. The molecule has 1 aliphatic heterocycles. The lowest BCUT2D eigenvalue weighted by Crippen LogP contribution is -2.28. The van der Waals surface area contributed by atoms with Gasteiger partial charge in [0, 0.05) is 6.04 Å². The van der Waals surface area contributed by atoms with Crippen LogP contribution in [0.5, 0.6) is 5.75 Å². The van der Waals surface area contributed by atoms with E-state index in [1.165, 1.54) is 12.5 Å². The number of hydrogen-bond acceptors (Lipinski definition) is 2. The van der Waals surface area contributed by atoms with Gasteiger partial charge < -0.3 is 10.1 Å². The smallest absolute Gasteiger partial charge is 0.165 e. The molecule has 1 fully saturated rings. The molecule has 0 radical (unpaired) electrons. The van der Waals surface area contributed by atoms with Gasteiger partial charge in [0.1, 0.15) is 6.61 Å². The van der Waals surface area contributed by atoms with Crippen molar-refractivity contribution < 1.29 is 9.13 Å². The van der Waals surface area contributed by atoms with E-state index < -0.39 is 0 Å². The Labute approximate surface area is 83.1 Å². The first-order chi connectivity index (χ1) is 6.86. The lowest BCUT2D eigenvalue weighted by molar-refractivity contribution is 0.265. The maximum atomic E-state index is 13.1. The summed E-state index contributed by atoms with van der Waals surface area (Å²) in [6.07, 6.45) is 2.31. The molecule has 1 aliphatic rings. The fourth-order valence-electron chi connectivity index (χ4n) is 1.65. The van der Waals surface area contributed by atoms with E-state index in [0.29, 0.717) is 18.4 Å². The number of hydrogen-bond donors (Lipinski definition) is 1. The Morgan fingerprint density at radius 2 is 2.29 bits per heavy atom. The normalized spacial score (nSPS) is 21.1. The maximum Gasteiger partial charge on any atom is 0.165 e. The molecule has 1 aromatic rings. The van der Waals surface area contributed by atoms with Gasteiger partial charge in [0.05, 0.1) is 0 Å². The van der Waals surface area contributed by atoms with Crippen molar-refractivity contribution >= 4 is 0 Å². The highest BCUT2D eigenvalue weighted by Crippen LogP contribution is 2.16. The van der Waals surface area contributed by atoms with Crippen molar-refractivity contribution in [3.8, 4) is 5.75 Å². The van der Waals surface area contributed by atoms with Crippen molar-refractivity contribution in [3.63, 3.8) is 0 Å². The zero-order valence-electron chi connectivity index (χ0n) is 8.00. The van der Waals surface area contributed by atoms with E-state index in [1.807, 2.05) is 0 Å². The monoisotopic (exact) mass is 195 g/mol. The predicted molar refractivity (Wildman–Crippen MR) is 52.9 cm³/mol. The van der Waals surface area contributed by atoms with Crippen molar-refractivity contribution in [2.24, 2.45) is 0 Å². The topological polar surface area (TPSA) is 21.3 Å². The Hall–Kier alpha value is -1.09. The molecule has 1 heterocycles. The molecule has 1 aromatic carbocycles. The molecule has 1 N–H and O–H groups in total. The highest BCUT2D eigenvalue weighted by Gasteiger charge is 2.14. The van der Waals surface area contributed by atoms with Crippen LogP contribution in [0.25, 0.3) is 0 Å². The Morgan fingerprint density at radius 1 is 1.43 bits per heavy atom. The van der Waals surface area contributed by atoms with E-state index in [0.717, 1.165) is 13.0 Å². The number of ether oxygens (including phenoxy) is 1. The molecular formula is C11H14FNO. The molecule has 0 aliphatic carbocycles. The summed E-state index contributed by atoms with van der Waals surface area (Å²) in [6.45, 7) is 1.60. The standard InChI is InChI=1S/C11H14FNO/c12-10-5-1-2-6-11(10)14-8-9-4-3-7-13-9/h1-2,5-6,9,13H,3-4,7-8H2/t9-/m1/s1. The van der Waals surface area contributed by atoms with E-state index in [1.54, 1.807) is 18.2 Å². The van der Waals surface area contributed by atoms with Gasteiger partial charge in [-0.1, -0.05) is 12.1 Å². The first-order valence-electron chi connectivity index (χ1n) is 4.97. The SMILES string of the molecule is Fc1ccccc1OC[C@H]1CCCN1. The Bertz CT molecular complexity index is 297. The van der Waals surface area contributed by atoms with Crippen molar-refractivity contribution in [1.82, 2.24) is 5.32 Å². The molecule has 0 bridgehead atoms. The average Bonchev–Trinajstić information content (AvgIpc) is 2.69. The van der Waals surface area contributed by atoms with E-state index in [4.69, 9.17) is 4.74 Å². The summed E-state index contributed by atoms with van der Waals surface area (Å²) in [6, 6.07) is 6.90. The van der Waals surface area contributed by atoms with Crippen LogP contribution in [0.15, 0.2) is 24.3 Å². The summed E-state index contributed by atoms with van der Waals surface area (Å²) in [4.78, 5) is 0. The van der Waals surface area contributed by atoms with Crippen LogP contribution < -0.4 is 10.1 Å². The second-order valence-electron chi connectivity index (χ2n) is 3.53. The van der Waals surface area contributed by atoms with Gasteiger partial charge in [-0.2, -0.15) is 0 Å². The summed E-state index contributed by atoms with van der Waals surface area (Å²) in [5.41, 5.74) is 0. The maximum absolute atomic E-state index is 13.1. The Morgan fingerprint density at radius 3 is 3.00 bits per heavy atom. The molecule has 0 unspecified atom stereocenters. The summed E-state index contributed by atoms with van der Waals surface area (Å²) < 4.78 is 18.5. The molecule has 1 saturated heterocycles. The fraction of sp³-hybridized carbons (Fsp3) is 0.455. The second-order valence-corrected chi connectivity index (χ2v) is 3.53. The van der Waals surface area contributed by atoms with Gasteiger partial charge >= 0.3 is 0 Å². The van der Waals surface area contributed by atoms with Crippen LogP contribution in [0, 0.1) is 5.82 Å². The van der Waals surface area contributed by atoms with Crippen LogP contribution >= 0.6 is 0 Å². The van der Waals surface area contributed by atoms with Gasteiger partial charge in [-0.15, -0.1) is 0 Å². The van der Waals surface area contributed by atoms with Crippen molar-refractivity contribution in [2.45, 2.75) is 18.9 Å². The fourth-order valence-corrected chi connectivity index (χ4v) is 1.65. The summed E-state index contributed by atoms with van der Waals surface area (Å²) >= 11 is 0. The van der Waals surface area contributed by atoms with Crippen LogP contribution in [-0.2, 0) is 0 Å². The third kappa shape index (κ3) is 2.23. The minimum Gasteiger partial charge on any atom is -0.489 e. The lowest BCUT2D eigenvalue weighted by Gasteiger charge is -2.12. The molecule has 0 amide bonds. The van der Waals surface area contributed by atoms with Crippen molar-refractivity contribution in [2.75, 3.05) is 13.2 Å². The van der Waals surface area contributed by atoms with Gasteiger partial charge in [0.2, 0.25) is 0 Å². The van der Waals surface area contributed by atoms with E-state index >= 15 is 0 Å². The number of para-hydroxylation sites is 1. The van der Waals surface area contributed by atoms with Crippen LogP contribution in [0.1, 0.15) is 12.8 Å². The molecule has 0 aromatic heterocycles. The second kappa shape index (κ2) is 4.42. The van der Waals surface area contributed by atoms with E-state index in [2.05, 4.69) is 5.32 Å². The van der Waals surface area contributed by atoms with Gasteiger partial charge in [-0.25, -0.2) is 4.39 Å². The molecule has 1 atom stereocenters. The zero-order chi connectivity index (χ0) is 9.80. The van der Waals surface area contributed by atoms with E-state index in [9.17, 15) is 4.39 Å². The van der Waals surface area contributed by atoms with Crippen LogP contribution in [-0.4, -0.2) is 19.2 Å². The predicted octanol–water partition coefficient (Wildman–Crippen LogP) is 1.96. The quantitative estimate of drug-likeness (QED) is 0.796. The molecule has 76 valence electrons. The molecule has 14 heavy (non-hydrogen) atoms. The van der Waals surface area contributed by atoms with Gasteiger partial charge in [-0.3, -0.25) is 0 Å². The van der Waals surface area contributed by atoms with Crippen LogP contribution in [0.3, 0.4) is 0 Å². The highest BCUT2D eigenvalue weighted by atomic mass is 19.1. The number of benzene rings is 1. The van der Waals surface area contributed by atoms with Crippen molar-refractivity contribution in [3.05, 3.63) is 30.1 Å². The molecular weight excluding hydrogens is 181 g/mol. The van der Waals surface area contributed by atoms with Gasteiger partial charge in [-0.05, 0) is 31.5 Å². The summed E-state index contributed by atoms with van der Waals surface area (Å²) in [7, 11) is 0. The van der Waals surface area contributed by atoms with Gasteiger partial charge in [0.25, 0.3) is 0 Å². The van der Waals surface area contributed by atoms with Crippen molar-refractivity contribution in [1.29, 1.82) is 0 Å². The number of nitrogens with one attached hydrogen (secondary N) is 1. The average molecular weight is 195 g/mol. The first kappa shape index (κ1) is 9.46. The minimum atomic E-state index is -0.287. The molecule has 2 rings (SSSR count). The lowest BCUT2D eigenvalue weighted by atomic mass is 10.2.